The van der Waals surface area contributed by atoms with Gasteiger partial charge in [-0.15, -0.1) is 0 Å². The molecule has 0 spiro atoms. The fourth-order valence-electron chi connectivity index (χ4n) is 1.93. The number of methoxy groups -OCH3 is 1. The fourth-order valence-corrected chi connectivity index (χ4v) is 2.10. The van der Waals surface area contributed by atoms with E-state index in [9.17, 15) is 4.79 Å². The average molecular weight is 355 g/mol. The Hall–Kier alpha value is -2.25. The van der Waals surface area contributed by atoms with E-state index in [0.717, 1.165) is 0 Å². The Balaban J connectivity index is 1.98. The highest BCUT2D eigenvalue weighted by atomic mass is 35.5. The number of halogens is 1. The number of carbonyl (C=O) groups is 1. The van der Waals surface area contributed by atoms with Crippen molar-refractivity contribution in [2.75, 3.05) is 13.7 Å². The molecule has 0 aliphatic heterocycles. The van der Waals surface area contributed by atoms with E-state index in [2.05, 4.69) is 10.5 Å². The number of ether oxygens (including phenoxy) is 2. The van der Waals surface area contributed by atoms with Crippen LogP contribution in [0.2, 0.25) is 5.02 Å². The van der Waals surface area contributed by atoms with Gasteiger partial charge in [-0.2, -0.15) is 0 Å². The van der Waals surface area contributed by atoms with Gasteiger partial charge in [0.05, 0.1) is 19.8 Å². The minimum Gasteiger partial charge on any atom is -0.493 e. The van der Waals surface area contributed by atoms with Crippen molar-refractivity contribution >= 4 is 17.5 Å². The molecule has 130 valence electrons. The lowest BCUT2D eigenvalue weighted by molar-refractivity contribution is 0.0905. The number of benzene rings is 1. The quantitative estimate of drug-likeness (QED) is 0.756. The third-order valence-electron chi connectivity index (χ3n) is 3.34. The SMILES string of the molecule is CCC(CO)NC(=O)c1cc(COc2ccc(Cl)cc2OC)on1. The zero-order chi connectivity index (χ0) is 17.5. The number of carbonyl (C=O) groups excluding carboxylic acids is 1. The molecule has 7 nitrogen and oxygen atoms in total. The van der Waals surface area contributed by atoms with Gasteiger partial charge in [0.15, 0.2) is 23.0 Å². The predicted molar refractivity (Wildman–Crippen MR) is 87.5 cm³/mol. The van der Waals surface area contributed by atoms with Gasteiger partial charge in [0, 0.05) is 17.2 Å². The lowest BCUT2D eigenvalue weighted by Gasteiger charge is -2.12. The molecule has 0 saturated carbocycles. The first-order valence-electron chi connectivity index (χ1n) is 7.41. The summed E-state index contributed by atoms with van der Waals surface area (Å²) in [7, 11) is 1.51. The normalized spacial score (nSPS) is 11.8. The van der Waals surface area contributed by atoms with Crippen molar-refractivity contribution in [3.63, 3.8) is 0 Å². The average Bonchev–Trinajstić information content (AvgIpc) is 3.07. The van der Waals surface area contributed by atoms with Crippen LogP contribution in [0, 0.1) is 0 Å². The molecular formula is C16H19ClN2O5. The highest BCUT2D eigenvalue weighted by Crippen LogP contribution is 2.30. The molecule has 2 aromatic rings. The van der Waals surface area contributed by atoms with Crippen LogP contribution >= 0.6 is 11.6 Å². The van der Waals surface area contributed by atoms with Gasteiger partial charge >= 0.3 is 0 Å². The van der Waals surface area contributed by atoms with Crippen LogP contribution in [-0.4, -0.2) is 35.9 Å². The molecule has 1 amide bonds. The van der Waals surface area contributed by atoms with Crippen molar-refractivity contribution < 1.29 is 23.9 Å². The number of hydrogen-bond donors (Lipinski definition) is 2. The number of amides is 1. The molecular weight excluding hydrogens is 336 g/mol. The molecule has 24 heavy (non-hydrogen) atoms. The summed E-state index contributed by atoms with van der Waals surface area (Å²) in [5.41, 5.74) is 0.128. The third kappa shape index (κ3) is 4.62. The number of nitrogens with one attached hydrogen (secondary N) is 1. The van der Waals surface area contributed by atoms with Gasteiger partial charge in [-0.25, -0.2) is 0 Å². The molecule has 0 aliphatic carbocycles. The molecule has 2 N–H and O–H groups in total. The van der Waals surface area contributed by atoms with E-state index in [1.807, 2.05) is 6.92 Å². The maximum Gasteiger partial charge on any atom is 0.273 e. The number of aromatic nitrogens is 1. The lowest BCUT2D eigenvalue weighted by atomic mass is 10.2. The summed E-state index contributed by atoms with van der Waals surface area (Å²) in [4.78, 5) is 12.0. The predicted octanol–water partition coefficient (Wildman–Crippen LogP) is 2.42. The van der Waals surface area contributed by atoms with Crippen LogP contribution in [0.25, 0.3) is 0 Å². The van der Waals surface area contributed by atoms with Crippen molar-refractivity contribution in [1.82, 2.24) is 10.5 Å². The first-order chi connectivity index (χ1) is 11.6. The summed E-state index contributed by atoms with van der Waals surface area (Å²) in [6, 6.07) is 6.17. The van der Waals surface area contributed by atoms with Crippen molar-refractivity contribution in [2.45, 2.75) is 26.0 Å². The summed E-state index contributed by atoms with van der Waals surface area (Å²) in [5, 5.41) is 16.0. The van der Waals surface area contributed by atoms with E-state index in [1.54, 1.807) is 18.2 Å². The summed E-state index contributed by atoms with van der Waals surface area (Å²) >= 11 is 5.89. The molecule has 8 heteroatoms. The molecule has 1 aromatic heterocycles. The van der Waals surface area contributed by atoms with Gasteiger partial charge in [0.25, 0.3) is 5.91 Å². The second kappa shape index (κ2) is 8.56. The summed E-state index contributed by atoms with van der Waals surface area (Å²) < 4.78 is 15.9. The Bertz CT molecular complexity index is 685. The number of nitrogens with zero attached hydrogens (tertiary/aromatic N) is 1. The topological polar surface area (TPSA) is 93.8 Å². The van der Waals surface area contributed by atoms with Crippen molar-refractivity contribution in [3.8, 4) is 11.5 Å². The molecule has 0 aliphatic rings. The highest BCUT2D eigenvalue weighted by molar-refractivity contribution is 6.30. The maximum atomic E-state index is 12.0. The summed E-state index contributed by atoms with van der Waals surface area (Å²) in [6.07, 6.45) is 0.617. The molecule has 1 heterocycles. The Morgan fingerprint density at radius 3 is 2.88 bits per heavy atom. The van der Waals surface area contributed by atoms with Gasteiger partial charge in [0.2, 0.25) is 0 Å². The monoisotopic (exact) mass is 354 g/mol. The number of hydrogen-bond acceptors (Lipinski definition) is 6. The van der Waals surface area contributed by atoms with E-state index in [-0.39, 0.29) is 24.9 Å². The number of rotatable bonds is 8. The third-order valence-corrected chi connectivity index (χ3v) is 3.57. The number of aliphatic hydroxyl groups is 1. The van der Waals surface area contributed by atoms with E-state index in [1.165, 1.54) is 13.2 Å². The van der Waals surface area contributed by atoms with Crippen LogP contribution in [0.1, 0.15) is 29.6 Å². The van der Waals surface area contributed by atoms with Gasteiger partial charge < -0.3 is 24.4 Å². The summed E-state index contributed by atoms with van der Waals surface area (Å²) in [5.74, 6) is 0.966. The van der Waals surface area contributed by atoms with Gasteiger partial charge in [-0.3, -0.25) is 4.79 Å². The van der Waals surface area contributed by atoms with E-state index >= 15 is 0 Å². The molecule has 0 saturated heterocycles. The van der Waals surface area contributed by atoms with E-state index in [0.29, 0.717) is 28.7 Å². The Morgan fingerprint density at radius 1 is 1.42 bits per heavy atom. The maximum absolute atomic E-state index is 12.0. The minimum absolute atomic E-state index is 0.0788. The molecule has 1 aromatic carbocycles. The van der Waals surface area contributed by atoms with Crippen LogP contribution in [0.3, 0.4) is 0 Å². The molecule has 1 unspecified atom stereocenters. The summed E-state index contributed by atoms with van der Waals surface area (Å²) in [6.45, 7) is 1.81. The lowest BCUT2D eigenvalue weighted by Crippen LogP contribution is -2.37. The number of aliphatic hydroxyl groups excluding tert-OH is 1. The molecule has 2 rings (SSSR count). The van der Waals surface area contributed by atoms with Gasteiger partial charge in [-0.05, 0) is 18.6 Å². The van der Waals surface area contributed by atoms with Crippen LogP contribution in [0.4, 0.5) is 0 Å². The van der Waals surface area contributed by atoms with Gasteiger partial charge in [0.1, 0.15) is 6.61 Å². The zero-order valence-electron chi connectivity index (χ0n) is 13.4. The first-order valence-corrected chi connectivity index (χ1v) is 7.78. The molecule has 0 radical (unpaired) electrons. The van der Waals surface area contributed by atoms with E-state index < -0.39 is 5.91 Å². The van der Waals surface area contributed by atoms with Crippen molar-refractivity contribution in [3.05, 3.63) is 40.7 Å². The van der Waals surface area contributed by atoms with Crippen LogP contribution in [0.15, 0.2) is 28.8 Å². The fraction of sp³-hybridized carbons (Fsp3) is 0.375. The van der Waals surface area contributed by atoms with Crippen LogP contribution < -0.4 is 14.8 Å². The first kappa shape index (κ1) is 18.1. The van der Waals surface area contributed by atoms with Crippen molar-refractivity contribution in [1.29, 1.82) is 0 Å². The second-order valence-corrected chi connectivity index (χ2v) is 5.46. The zero-order valence-corrected chi connectivity index (χ0v) is 14.2. The smallest absolute Gasteiger partial charge is 0.273 e. The van der Waals surface area contributed by atoms with E-state index in [4.69, 9.17) is 30.7 Å². The Labute approximate surface area is 144 Å². The Kier molecular flexibility index (Phi) is 6.45. The van der Waals surface area contributed by atoms with Crippen LogP contribution in [0.5, 0.6) is 11.5 Å². The van der Waals surface area contributed by atoms with Gasteiger partial charge in [-0.1, -0.05) is 23.7 Å². The second-order valence-electron chi connectivity index (χ2n) is 5.02. The minimum atomic E-state index is -0.407. The molecule has 0 bridgehead atoms. The van der Waals surface area contributed by atoms with Crippen molar-refractivity contribution in [2.24, 2.45) is 0 Å². The molecule has 0 fully saturated rings. The highest BCUT2D eigenvalue weighted by Gasteiger charge is 2.16. The Morgan fingerprint density at radius 2 is 2.21 bits per heavy atom. The standard InChI is InChI=1S/C16H19ClN2O5/c1-3-11(8-20)18-16(21)13-7-12(24-19-13)9-23-14-5-4-10(17)6-15(14)22-2/h4-7,11,20H,3,8-9H2,1-2H3,(H,18,21). The molecule has 1 atom stereocenters. The van der Waals surface area contributed by atoms with Crippen LogP contribution in [-0.2, 0) is 6.61 Å². The largest absolute Gasteiger partial charge is 0.493 e.